The van der Waals surface area contributed by atoms with Crippen LogP contribution < -0.4 is 5.32 Å². The van der Waals surface area contributed by atoms with Gasteiger partial charge in [-0.25, -0.2) is 4.39 Å². The molecular weight excluding hydrogens is 331 g/mol. The molecule has 1 amide bonds. The Kier molecular flexibility index (Phi) is 5.53. The molecule has 0 fully saturated rings. The molecule has 3 rings (SSSR count). The molecule has 1 heterocycles. The number of carbonyl (C=O) groups is 1. The average molecular weight is 350 g/mol. The Bertz CT molecular complexity index is 868. The summed E-state index contributed by atoms with van der Waals surface area (Å²) in [5.74, 6) is -0.200. The second kappa shape index (κ2) is 8.20. The fourth-order valence-electron chi connectivity index (χ4n) is 2.51. The number of aromatic nitrogens is 2. The van der Waals surface area contributed by atoms with Crippen LogP contribution in [-0.4, -0.2) is 27.5 Å². The second-order valence-electron chi connectivity index (χ2n) is 5.71. The summed E-state index contributed by atoms with van der Waals surface area (Å²) in [5.41, 5.74) is 1.61. The molecule has 0 aliphatic carbocycles. The van der Waals surface area contributed by atoms with Gasteiger partial charge < -0.3 is 10.2 Å². The van der Waals surface area contributed by atoms with Crippen molar-refractivity contribution in [2.45, 2.75) is 13.5 Å². The normalized spacial score (nSPS) is 10.4. The minimum Gasteiger partial charge on any atom is -0.336 e. The lowest BCUT2D eigenvalue weighted by atomic mass is 10.2. The van der Waals surface area contributed by atoms with Gasteiger partial charge in [0.25, 0.3) is 5.91 Å². The smallest absolute Gasteiger partial charge is 0.274 e. The van der Waals surface area contributed by atoms with Crippen LogP contribution in [-0.2, 0) is 6.54 Å². The SMILES string of the molecule is CCN(Cc1ccccc1)C(=O)c1ccc(Nc2ccccc2F)nn1. The molecular formula is C20H19FN4O. The summed E-state index contributed by atoms with van der Waals surface area (Å²) < 4.78 is 13.7. The Morgan fingerprint density at radius 1 is 1.00 bits per heavy atom. The van der Waals surface area contributed by atoms with Crippen molar-refractivity contribution >= 4 is 17.4 Å². The van der Waals surface area contributed by atoms with Gasteiger partial charge in [0.2, 0.25) is 0 Å². The first kappa shape index (κ1) is 17.5. The van der Waals surface area contributed by atoms with E-state index in [1.54, 1.807) is 35.2 Å². The van der Waals surface area contributed by atoms with E-state index in [9.17, 15) is 9.18 Å². The lowest BCUT2D eigenvalue weighted by molar-refractivity contribution is 0.0745. The third-order valence-corrected chi connectivity index (χ3v) is 3.91. The van der Waals surface area contributed by atoms with Gasteiger partial charge in [0, 0.05) is 13.1 Å². The average Bonchev–Trinajstić information content (AvgIpc) is 2.69. The molecule has 26 heavy (non-hydrogen) atoms. The molecule has 6 heteroatoms. The number of halogens is 1. The van der Waals surface area contributed by atoms with E-state index < -0.39 is 0 Å². The zero-order valence-corrected chi connectivity index (χ0v) is 14.4. The Balaban J connectivity index is 1.70. The Morgan fingerprint density at radius 2 is 1.73 bits per heavy atom. The zero-order chi connectivity index (χ0) is 18.4. The van der Waals surface area contributed by atoms with Gasteiger partial charge >= 0.3 is 0 Å². The van der Waals surface area contributed by atoms with E-state index in [1.165, 1.54) is 6.07 Å². The topological polar surface area (TPSA) is 58.1 Å². The molecule has 3 aromatic rings. The number of hydrogen-bond donors (Lipinski definition) is 1. The van der Waals surface area contributed by atoms with Crippen LogP contribution in [0.5, 0.6) is 0 Å². The lowest BCUT2D eigenvalue weighted by Gasteiger charge is -2.20. The van der Waals surface area contributed by atoms with E-state index in [2.05, 4.69) is 15.5 Å². The summed E-state index contributed by atoms with van der Waals surface area (Å²) in [6.07, 6.45) is 0. The highest BCUT2D eigenvalue weighted by Gasteiger charge is 2.16. The molecule has 0 aliphatic rings. The standard InChI is InChI=1S/C20H19FN4O/c1-2-25(14-15-8-4-3-5-9-15)20(26)18-12-13-19(24-23-18)22-17-11-7-6-10-16(17)21/h3-13H,2,14H2,1H3,(H,22,24). The van der Waals surface area contributed by atoms with Crippen molar-refractivity contribution in [3.8, 4) is 0 Å². The minimum atomic E-state index is -0.380. The van der Waals surface area contributed by atoms with Gasteiger partial charge in [-0.05, 0) is 36.8 Å². The Labute approximate surface area is 151 Å². The highest BCUT2D eigenvalue weighted by atomic mass is 19.1. The Hall–Kier alpha value is -3.28. The van der Waals surface area contributed by atoms with Crippen LogP contribution >= 0.6 is 0 Å². The molecule has 0 saturated carbocycles. The van der Waals surface area contributed by atoms with Gasteiger partial charge in [-0.15, -0.1) is 10.2 Å². The Morgan fingerprint density at radius 3 is 2.38 bits per heavy atom. The molecule has 0 atom stereocenters. The van der Waals surface area contributed by atoms with Gasteiger partial charge in [-0.2, -0.15) is 0 Å². The van der Waals surface area contributed by atoms with E-state index in [0.29, 0.717) is 24.6 Å². The summed E-state index contributed by atoms with van der Waals surface area (Å²) in [4.78, 5) is 14.3. The molecule has 132 valence electrons. The number of benzene rings is 2. The second-order valence-corrected chi connectivity index (χ2v) is 5.71. The minimum absolute atomic E-state index is 0.193. The molecule has 2 aromatic carbocycles. The summed E-state index contributed by atoms with van der Waals surface area (Å²) in [6.45, 7) is 2.99. The first-order chi connectivity index (χ1) is 12.7. The number of para-hydroxylation sites is 1. The lowest BCUT2D eigenvalue weighted by Crippen LogP contribution is -2.31. The van der Waals surface area contributed by atoms with Crippen LogP contribution in [0.25, 0.3) is 0 Å². The van der Waals surface area contributed by atoms with Crippen LogP contribution in [0.4, 0.5) is 15.9 Å². The van der Waals surface area contributed by atoms with Crippen LogP contribution in [0.1, 0.15) is 23.0 Å². The summed E-state index contributed by atoms with van der Waals surface area (Å²) in [5, 5.41) is 10.8. The predicted molar refractivity (Wildman–Crippen MR) is 98.6 cm³/mol. The number of nitrogens with zero attached hydrogens (tertiary/aromatic N) is 3. The van der Waals surface area contributed by atoms with E-state index in [0.717, 1.165) is 5.56 Å². The van der Waals surface area contributed by atoms with Crippen molar-refractivity contribution in [3.05, 3.63) is 83.8 Å². The monoisotopic (exact) mass is 350 g/mol. The maximum absolute atomic E-state index is 13.7. The predicted octanol–water partition coefficient (Wildman–Crippen LogP) is 4.02. The fraction of sp³-hybridized carbons (Fsp3) is 0.150. The first-order valence-corrected chi connectivity index (χ1v) is 8.36. The van der Waals surface area contributed by atoms with Crippen molar-refractivity contribution in [1.82, 2.24) is 15.1 Å². The van der Waals surface area contributed by atoms with Crippen LogP contribution in [0.3, 0.4) is 0 Å². The highest BCUT2D eigenvalue weighted by Crippen LogP contribution is 2.17. The maximum Gasteiger partial charge on any atom is 0.274 e. The van der Waals surface area contributed by atoms with Crippen molar-refractivity contribution in [3.63, 3.8) is 0 Å². The number of hydrogen-bond acceptors (Lipinski definition) is 4. The first-order valence-electron chi connectivity index (χ1n) is 8.36. The van der Waals surface area contributed by atoms with Crippen molar-refractivity contribution in [1.29, 1.82) is 0 Å². The zero-order valence-electron chi connectivity index (χ0n) is 14.4. The van der Waals surface area contributed by atoms with E-state index in [-0.39, 0.29) is 17.4 Å². The van der Waals surface area contributed by atoms with E-state index >= 15 is 0 Å². The summed E-state index contributed by atoms with van der Waals surface area (Å²) >= 11 is 0. The van der Waals surface area contributed by atoms with E-state index in [4.69, 9.17) is 0 Å². The number of carbonyl (C=O) groups excluding carboxylic acids is 1. The van der Waals surface area contributed by atoms with Gasteiger partial charge in [0.15, 0.2) is 11.5 Å². The van der Waals surface area contributed by atoms with Gasteiger partial charge in [0.05, 0.1) is 5.69 Å². The molecule has 5 nitrogen and oxygen atoms in total. The summed E-state index contributed by atoms with van der Waals surface area (Å²) in [7, 11) is 0. The van der Waals surface area contributed by atoms with Crippen molar-refractivity contribution < 1.29 is 9.18 Å². The van der Waals surface area contributed by atoms with Gasteiger partial charge in [-0.1, -0.05) is 42.5 Å². The molecule has 1 N–H and O–H groups in total. The largest absolute Gasteiger partial charge is 0.336 e. The summed E-state index contributed by atoms with van der Waals surface area (Å²) in [6, 6.07) is 19.3. The number of nitrogens with one attached hydrogen (secondary N) is 1. The molecule has 0 aliphatic heterocycles. The number of anilines is 2. The van der Waals surface area contributed by atoms with Crippen LogP contribution in [0, 0.1) is 5.82 Å². The highest BCUT2D eigenvalue weighted by molar-refractivity contribution is 5.92. The number of amides is 1. The molecule has 0 saturated heterocycles. The molecule has 0 bridgehead atoms. The van der Waals surface area contributed by atoms with Crippen LogP contribution in [0.15, 0.2) is 66.7 Å². The number of rotatable bonds is 6. The molecule has 0 unspecified atom stereocenters. The third-order valence-electron chi connectivity index (χ3n) is 3.91. The fourth-order valence-corrected chi connectivity index (χ4v) is 2.51. The third kappa shape index (κ3) is 4.22. The van der Waals surface area contributed by atoms with Crippen molar-refractivity contribution in [2.24, 2.45) is 0 Å². The van der Waals surface area contributed by atoms with Gasteiger partial charge in [0.1, 0.15) is 5.82 Å². The van der Waals surface area contributed by atoms with Crippen LogP contribution in [0.2, 0.25) is 0 Å². The molecule has 1 aromatic heterocycles. The van der Waals surface area contributed by atoms with E-state index in [1.807, 2.05) is 37.3 Å². The van der Waals surface area contributed by atoms with Gasteiger partial charge in [-0.3, -0.25) is 4.79 Å². The molecule has 0 spiro atoms. The molecule has 0 radical (unpaired) electrons. The maximum atomic E-state index is 13.7. The quantitative estimate of drug-likeness (QED) is 0.729. The van der Waals surface area contributed by atoms with Crippen molar-refractivity contribution in [2.75, 3.05) is 11.9 Å².